The van der Waals surface area contributed by atoms with Crippen LogP contribution in [0.3, 0.4) is 0 Å². The Kier molecular flexibility index (Phi) is 2.26. The van der Waals surface area contributed by atoms with Gasteiger partial charge in [0.15, 0.2) is 0 Å². The molecule has 2 heteroatoms. The van der Waals surface area contributed by atoms with Gasteiger partial charge in [-0.05, 0) is 24.3 Å². The number of benzene rings is 1. The monoisotopic (exact) mass is 202 g/mol. The van der Waals surface area contributed by atoms with Crippen LogP contribution in [0.5, 0.6) is 0 Å². The molecule has 1 heterocycles. The summed E-state index contributed by atoms with van der Waals surface area (Å²) in [5.74, 6) is 0.869. The van der Waals surface area contributed by atoms with Crippen molar-refractivity contribution in [3.8, 4) is 0 Å². The molecular weight excluding hydrogens is 184 g/mol. The lowest BCUT2D eigenvalue weighted by Gasteiger charge is -2.31. The third-order valence-electron chi connectivity index (χ3n) is 3.86. The molecule has 0 spiro atoms. The first-order valence-electron chi connectivity index (χ1n) is 5.86. The first-order chi connectivity index (χ1) is 7.33. The number of piperidine rings is 1. The van der Waals surface area contributed by atoms with E-state index in [2.05, 4.69) is 35.2 Å². The second-order valence-electron chi connectivity index (χ2n) is 4.98. The molecule has 2 nitrogen and oxygen atoms in total. The molecule has 3 atom stereocenters. The summed E-state index contributed by atoms with van der Waals surface area (Å²) in [5.41, 5.74) is 7.54. The van der Waals surface area contributed by atoms with Gasteiger partial charge in [-0.2, -0.15) is 0 Å². The molecule has 2 fully saturated rings. The minimum atomic E-state index is 0.424. The molecule has 0 aromatic heterocycles. The van der Waals surface area contributed by atoms with Crippen LogP contribution in [0, 0.1) is 5.92 Å². The molecule has 1 aliphatic heterocycles. The van der Waals surface area contributed by atoms with Crippen molar-refractivity contribution < 1.29 is 0 Å². The lowest BCUT2D eigenvalue weighted by molar-refractivity contribution is 0.185. The van der Waals surface area contributed by atoms with Crippen LogP contribution in [0.1, 0.15) is 18.4 Å². The number of nitrogens with zero attached hydrogens (tertiary/aromatic N) is 1. The van der Waals surface area contributed by atoms with E-state index in [1.54, 1.807) is 0 Å². The minimum Gasteiger partial charge on any atom is -0.326 e. The molecule has 1 aromatic carbocycles. The highest BCUT2D eigenvalue weighted by atomic mass is 15.2. The summed E-state index contributed by atoms with van der Waals surface area (Å²) < 4.78 is 0. The van der Waals surface area contributed by atoms with Gasteiger partial charge in [-0.15, -0.1) is 0 Å². The molecule has 80 valence electrons. The molecule has 2 bridgehead atoms. The third-order valence-corrected chi connectivity index (χ3v) is 3.86. The van der Waals surface area contributed by atoms with Crippen molar-refractivity contribution >= 4 is 0 Å². The van der Waals surface area contributed by atoms with Crippen LogP contribution in [-0.2, 0) is 6.54 Å². The van der Waals surface area contributed by atoms with Crippen molar-refractivity contribution in [3.05, 3.63) is 35.9 Å². The Morgan fingerprint density at radius 2 is 2.00 bits per heavy atom. The Balaban J connectivity index is 1.70. The smallest absolute Gasteiger partial charge is 0.0254 e. The van der Waals surface area contributed by atoms with E-state index in [1.165, 1.54) is 24.9 Å². The van der Waals surface area contributed by atoms with Crippen LogP contribution in [0.4, 0.5) is 0 Å². The number of likely N-dealkylation sites (tertiary alicyclic amines) is 1. The van der Waals surface area contributed by atoms with Gasteiger partial charge < -0.3 is 5.73 Å². The molecular formula is C13H18N2. The number of hydrogen-bond donors (Lipinski definition) is 1. The topological polar surface area (TPSA) is 29.3 Å². The van der Waals surface area contributed by atoms with E-state index >= 15 is 0 Å². The van der Waals surface area contributed by atoms with Crippen molar-refractivity contribution in [2.75, 3.05) is 6.54 Å². The Bertz CT molecular complexity index is 336. The maximum atomic E-state index is 6.12. The van der Waals surface area contributed by atoms with Gasteiger partial charge in [0, 0.05) is 25.2 Å². The second kappa shape index (κ2) is 3.62. The first-order valence-corrected chi connectivity index (χ1v) is 5.86. The molecule has 15 heavy (non-hydrogen) atoms. The number of hydrogen-bond acceptors (Lipinski definition) is 2. The zero-order chi connectivity index (χ0) is 10.3. The van der Waals surface area contributed by atoms with Crippen molar-refractivity contribution in [1.82, 2.24) is 4.90 Å². The van der Waals surface area contributed by atoms with Crippen molar-refractivity contribution in [2.24, 2.45) is 11.7 Å². The van der Waals surface area contributed by atoms with E-state index in [4.69, 9.17) is 5.73 Å². The summed E-state index contributed by atoms with van der Waals surface area (Å²) in [6.45, 7) is 2.34. The largest absolute Gasteiger partial charge is 0.326 e. The fraction of sp³-hybridized carbons (Fsp3) is 0.538. The summed E-state index contributed by atoms with van der Waals surface area (Å²) in [4.78, 5) is 2.56. The van der Waals surface area contributed by atoms with Gasteiger partial charge >= 0.3 is 0 Å². The molecule has 1 aromatic rings. The maximum absolute atomic E-state index is 6.12. The molecule has 2 aliphatic rings. The highest BCUT2D eigenvalue weighted by molar-refractivity contribution is 5.15. The fourth-order valence-corrected chi connectivity index (χ4v) is 3.19. The molecule has 0 unspecified atom stereocenters. The Labute approximate surface area is 91.1 Å². The predicted octanol–water partition coefficient (Wildman–Crippen LogP) is 1.61. The number of nitrogens with two attached hydrogens (primary N) is 1. The Hall–Kier alpha value is -0.860. The Morgan fingerprint density at radius 1 is 1.20 bits per heavy atom. The average Bonchev–Trinajstić information content (AvgIpc) is 2.77. The first kappa shape index (κ1) is 9.37. The second-order valence-corrected chi connectivity index (χ2v) is 4.98. The lowest BCUT2D eigenvalue weighted by atomic mass is 10.1. The van der Waals surface area contributed by atoms with E-state index in [0.29, 0.717) is 12.1 Å². The van der Waals surface area contributed by atoms with Crippen molar-refractivity contribution in [1.29, 1.82) is 0 Å². The molecule has 2 N–H and O–H groups in total. The van der Waals surface area contributed by atoms with E-state index in [9.17, 15) is 0 Å². The highest BCUT2D eigenvalue weighted by Crippen LogP contribution is 2.37. The summed E-state index contributed by atoms with van der Waals surface area (Å²) in [6.07, 6.45) is 2.57. The van der Waals surface area contributed by atoms with E-state index < -0.39 is 0 Å². The van der Waals surface area contributed by atoms with E-state index in [-0.39, 0.29) is 0 Å². The van der Waals surface area contributed by atoms with Crippen LogP contribution in [0.25, 0.3) is 0 Å². The summed E-state index contributed by atoms with van der Waals surface area (Å²) in [5, 5.41) is 0. The highest BCUT2D eigenvalue weighted by Gasteiger charge is 2.42. The molecule has 0 radical (unpaired) electrons. The van der Waals surface area contributed by atoms with Gasteiger partial charge in [0.2, 0.25) is 0 Å². The van der Waals surface area contributed by atoms with Gasteiger partial charge in [-0.1, -0.05) is 30.3 Å². The third kappa shape index (κ3) is 1.68. The quantitative estimate of drug-likeness (QED) is 0.789. The van der Waals surface area contributed by atoms with Gasteiger partial charge in [-0.25, -0.2) is 0 Å². The van der Waals surface area contributed by atoms with Crippen LogP contribution < -0.4 is 5.73 Å². The van der Waals surface area contributed by atoms with Crippen molar-refractivity contribution in [2.45, 2.75) is 31.5 Å². The zero-order valence-electron chi connectivity index (χ0n) is 8.97. The minimum absolute atomic E-state index is 0.424. The van der Waals surface area contributed by atoms with Gasteiger partial charge in [0.25, 0.3) is 0 Å². The fourth-order valence-electron chi connectivity index (χ4n) is 3.19. The lowest BCUT2D eigenvalue weighted by Crippen LogP contribution is -2.44. The Morgan fingerprint density at radius 3 is 2.67 bits per heavy atom. The van der Waals surface area contributed by atoms with E-state index in [1.807, 2.05) is 0 Å². The van der Waals surface area contributed by atoms with E-state index in [0.717, 1.165) is 12.5 Å². The molecule has 1 aliphatic carbocycles. The average molecular weight is 202 g/mol. The van der Waals surface area contributed by atoms with Gasteiger partial charge in [0.05, 0.1) is 0 Å². The molecule has 1 saturated carbocycles. The van der Waals surface area contributed by atoms with Gasteiger partial charge in [0.1, 0.15) is 0 Å². The van der Waals surface area contributed by atoms with Crippen LogP contribution in [0.15, 0.2) is 30.3 Å². The van der Waals surface area contributed by atoms with Crippen molar-refractivity contribution in [3.63, 3.8) is 0 Å². The van der Waals surface area contributed by atoms with Crippen LogP contribution in [0.2, 0.25) is 0 Å². The molecule has 0 amide bonds. The molecule has 1 saturated heterocycles. The van der Waals surface area contributed by atoms with Gasteiger partial charge in [-0.3, -0.25) is 4.90 Å². The zero-order valence-corrected chi connectivity index (χ0v) is 8.97. The summed E-state index contributed by atoms with van der Waals surface area (Å²) in [6, 6.07) is 11.8. The standard InChI is InChI=1S/C13H18N2/c14-12-6-11-7-13(12)15(9-11)8-10-4-2-1-3-5-10/h1-5,11-13H,6-9,14H2/t11-,12+,13-/m0/s1. The maximum Gasteiger partial charge on any atom is 0.0254 e. The summed E-state index contributed by atoms with van der Waals surface area (Å²) in [7, 11) is 0. The normalized spacial score (nSPS) is 34.9. The summed E-state index contributed by atoms with van der Waals surface area (Å²) >= 11 is 0. The molecule has 3 rings (SSSR count). The SMILES string of the molecule is N[C@@H]1C[C@H]2C[C@@H]1N(Cc1ccccc1)C2. The number of fused-ring (bicyclic) bond motifs is 2. The number of rotatable bonds is 2. The van der Waals surface area contributed by atoms with Crippen LogP contribution >= 0.6 is 0 Å². The van der Waals surface area contributed by atoms with Crippen LogP contribution in [-0.4, -0.2) is 23.5 Å². The predicted molar refractivity (Wildman–Crippen MR) is 61.3 cm³/mol.